The minimum absolute atomic E-state index is 0.124. The minimum Gasteiger partial charge on any atom is -0.469 e. The van der Waals surface area contributed by atoms with Gasteiger partial charge in [0.25, 0.3) is 0 Å². The fraction of sp³-hybridized carbons (Fsp3) is 0.412. The second kappa shape index (κ2) is 10.5. The third kappa shape index (κ3) is 4.30. The van der Waals surface area contributed by atoms with Crippen molar-refractivity contribution in [3.63, 3.8) is 0 Å². The van der Waals surface area contributed by atoms with Gasteiger partial charge in [-0.1, -0.05) is 20.8 Å². The Morgan fingerprint density at radius 2 is 1.73 bits per heavy atom. The van der Waals surface area contributed by atoms with Crippen LogP contribution in [0.15, 0.2) is 18.2 Å². The van der Waals surface area contributed by atoms with Crippen LogP contribution in [0.5, 0.6) is 0 Å². The third-order valence-electron chi connectivity index (χ3n) is 9.87. The van der Waals surface area contributed by atoms with Gasteiger partial charge in [-0.15, -0.1) is 0 Å². The predicted octanol–water partition coefficient (Wildman–Crippen LogP) is 6.39. The number of cyclic esters (lactones) is 2. The molecule has 0 radical (unpaired) electrons. The molecule has 6 rings (SSSR count). The molecule has 0 saturated carbocycles. The van der Waals surface area contributed by atoms with Gasteiger partial charge in [0.2, 0.25) is 0 Å². The number of ether oxygens (including phenoxy) is 2. The van der Waals surface area contributed by atoms with Crippen LogP contribution in [0.2, 0.25) is 0 Å². The van der Waals surface area contributed by atoms with Crippen LogP contribution in [0.3, 0.4) is 0 Å². The summed E-state index contributed by atoms with van der Waals surface area (Å²) in [4.78, 5) is 69.2. The molecule has 10 heteroatoms. The van der Waals surface area contributed by atoms with Gasteiger partial charge in [-0.3, -0.25) is 9.59 Å². The van der Waals surface area contributed by atoms with E-state index in [1.165, 1.54) is 7.11 Å². The van der Waals surface area contributed by atoms with E-state index < -0.39 is 17.4 Å². The van der Waals surface area contributed by atoms with Crippen molar-refractivity contribution in [3.8, 4) is 0 Å². The Labute approximate surface area is 255 Å². The van der Waals surface area contributed by atoms with Gasteiger partial charge < -0.3 is 19.4 Å². The van der Waals surface area contributed by atoms with E-state index in [0.717, 1.165) is 34.6 Å². The number of aromatic amines is 2. The molecule has 4 aliphatic rings. The molecule has 6 heterocycles. The number of aromatic nitrogens is 4. The monoisotopic (exact) mass is 596 g/mol. The van der Waals surface area contributed by atoms with E-state index in [-0.39, 0.29) is 46.8 Å². The number of Topliss-reactive ketones (excluding diaryl/α,β-unsaturated/α-hetero) is 1. The largest absolute Gasteiger partial charge is 0.469 e. The highest BCUT2D eigenvalue weighted by molar-refractivity contribution is 6.18. The molecule has 2 aromatic rings. The lowest BCUT2D eigenvalue weighted by atomic mass is 9.80. The first-order chi connectivity index (χ1) is 20.9. The van der Waals surface area contributed by atoms with Gasteiger partial charge in [-0.25, -0.2) is 19.6 Å². The molecule has 1 unspecified atom stereocenters. The van der Waals surface area contributed by atoms with Crippen LogP contribution in [0.4, 0.5) is 0 Å². The van der Waals surface area contributed by atoms with Crippen molar-refractivity contribution < 1.29 is 28.7 Å². The van der Waals surface area contributed by atoms with E-state index in [1.54, 1.807) is 13.0 Å². The summed E-state index contributed by atoms with van der Waals surface area (Å²) in [5.74, 6) is -2.44. The minimum atomic E-state index is -0.847. The van der Waals surface area contributed by atoms with E-state index in [4.69, 9.17) is 19.4 Å². The van der Waals surface area contributed by atoms with Crippen molar-refractivity contribution in [1.29, 1.82) is 0 Å². The molecule has 0 fully saturated rings. The molecule has 0 spiro atoms. The van der Waals surface area contributed by atoms with Gasteiger partial charge in [0.15, 0.2) is 5.78 Å². The first kappa shape index (κ1) is 29.5. The highest BCUT2D eigenvalue weighted by atomic mass is 16.6. The Kier molecular flexibility index (Phi) is 7.06. The fourth-order valence-corrected chi connectivity index (χ4v) is 6.83. The highest BCUT2D eigenvalue weighted by Crippen LogP contribution is 2.44. The number of rotatable bonds is 5. The van der Waals surface area contributed by atoms with Crippen LogP contribution >= 0.6 is 0 Å². The van der Waals surface area contributed by atoms with Crippen LogP contribution in [0.1, 0.15) is 137 Å². The number of carbonyl (C=O) groups excluding carboxylic acids is 4. The van der Waals surface area contributed by atoms with Crippen molar-refractivity contribution in [2.75, 3.05) is 7.11 Å². The molecular formula is C34H36N4O6. The second-order valence-electron chi connectivity index (χ2n) is 12.1. The molecule has 3 atom stereocenters. The fourth-order valence-electron chi connectivity index (χ4n) is 6.83. The van der Waals surface area contributed by atoms with Crippen molar-refractivity contribution in [1.82, 2.24) is 19.9 Å². The summed E-state index contributed by atoms with van der Waals surface area (Å²) in [6.45, 7) is 11.8. The first-order valence-corrected chi connectivity index (χ1v) is 15.1. The smallest absolute Gasteiger partial charge is 0.349 e. The number of hydrogen-bond donors (Lipinski definition) is 2. The number of H-pyrrole nitrogens is 2. The average molecular weight is 597 g/mol. The third-order valence-corrected chi connectivity index (χ3v) is 9.87. The lowest BCUT2D eigenvalue weighted by Gasteiger charge is -2.19. The van der Waals surface area contributed by atoms with Crippen LogP contribution in [0, 0.1) is 6.92 Å². The number of esters is 3. The van der Waals surface area contributed by atoms with Crippen LogP contribution in [-0.4, -0.2) is 50.7 Å². The molecule has 4 aliphatic heterocycles. The zero-order valence-electron chi connectivity index (χ0n) is 26.1. The molecule has 0 amide bonds. The molecule has 0 saturated heterocycles. The number of hydrogen-bond acceptors (Lipinski definition) is 8. The maximum Gasteiger partial charge on any atom is 0.349 e. The zero-order chi connectivity index (χ0) is 31.7. The number of carbonyl (C=O) groups is 4. The van der Waals surface area contributed by atoms with Gasteiger partial charge >= 0.3 is 17.9 Å². The number of methoxy groups -OCH3 is 1. The number of nitrogens with zero attached hydrogens (tertiary/aromatic N) is 2. The Bertz CT molecular complexity index is 1890. The summed E-state index contributed by atoms with van der Waals surface area (Å²) in [5, 5.41) is 0. The van der Waals surface area contributed by atoms with Gasteiger partial charge in [0.05, 0.1) is 40.7 Å². The van der Waals surface area contributed by atoms with Crippen molar-refractivity contribution in [3.05, 3.63) is 69.1 Å². The van der Waals surface area contributed by atoms with E-state index in [1.807, 2.05) is 39.8 Å². The zero-order valence-corrected chi connectivity index (χ0v) is 26.1. The Morgan fingerprint density at radius 3 is 2.41 bits per heavy atom. The van der Waals surface area contributed by atoms with Gasteiger partial charge in [-0.2, -0.15) is 0 Å². The SMILES string of the molecule is CCC1=C(C)c2cc3[nH]c(c4c5[nH]c(cc6nc(cc1n2)C(C)(CC)C6=O)c(C)c5C(=O)OC4=O)[C@@H](CCC(=O)OC)[C@@H]3C. The maximum atomic E-state index is 13.8. The van der Waals surface area contributed by atoms with Gasteiger partial charge in [0, 0.05) is 35.2 Å². The molecule has 10 nitrogen and oxygen atoms in total. The predicted molar refractivity (Wildman–Crippen MR) is 164 cm³/mol. The Balaban J connectivity index is 1.77. The van der Waals surface area contributed by atoms with Crippen LogP contribution in [-0.2, 0) is 19.7 Å². The molecular weight excluding hydrogens is 560 g/mol. The van der Waals surface area contributed by atoms with E-state index in [0.29, 0.717) is 40.8 Å². The molecule has 0 aromatic carbocycles. The summed E-state index contributed by atoms with van der Waals surface area (Å²) in [6, 6.07) is 5.56. The summed E-state index contributed by atoms with van der Waals surface area (Å²) in [5.41, 5.74) is 6.84. The number of aryl methyl sites for hydroxylation is 1. The van der Waals surface area contributed by atoms with Crippen LogP contribution < -0.4 is 0 Å². The Hall–Kier alpha value is -4.60. The van der Waals surface area contributed by atoms with E-state index in [9.17, 15) is 19.2 Å². The number of allylic oxidation sites excluding steroid dienone is 2. The average Bonchev–Trinajstić information content (AvgIpc) is 3.65. The van der Waals surface area contributed by atoms with Crippen molar-refractivity contribution in [2.45, 2.75) is 84.5 Å². The topological polar surface area (TPSA) is 144 Å². The molecule has 2 aromatic heterocycles. The maximum absolute atomic E-state index is 13.8. The normalized spacial score (nSPS) is 21.8. The number of fused-ring (bicyclic) bond motifs is 8. The Morgan fingerprint density at radius 1 is 1.00 bits per heavy atom. The molecule has 0 aliphatic carbocycles. The van der Waals surface area contributed by atoms with Gasteiger partial charge in [0.1, 0.15) is 11.3 Å². The van der Waals surface area contributed by atoms with Crippen molar-refractivity contribution >= 4 is 45.9 Å². The summed E-state index contributed by atoms with van der Waals surface area (Å²) in [7, 11) is 1.35. The van der Waals surface area contributed by atoms with E-state index >= 15 is 0 Å². The highest BCUT2D eigenvalue weighted by Gasteiger charge is 2.42. The second-order valence-corrected chi connectivity index (χ2v) is 12.1. The van der Waals surface area contributed by atoms with E-state index in [2.05, 4.69) is 16.9 Å². The van der Waals surface area contributed by atoms with Gasteiger partial charge in [-0.05, 0) is 74.9 Å². The summed E-state index contributed by atoms with van der Waals surface area (Å²) < 4.78 is 10.2. The van der Waals surface area contributed by atoms with Crippen LogP contribution in [0.25, 0.3) is 22.2 Å². The van der Waals surface area contributed by atoms with Crippen molar-refractivity contribution in [2.24, 2.45) is 0 Å². The summed E-state index contributed by atoms with van der Waals surface area (Å²) >= 11 is 0. The lowest BCUT2D eigenvalue weighted by Crippen LogP contribution is -2.27. The molecule has 44 heavy (non-hydrogen) atoms. The summed E-state index contributed by atoms with van der Waals surface area (Å²) in [6.07, 6.45) is 1.83. The molecule has 2 N–H and O–H groups in total. The molecule has 8 bridgehead atoms. The molecule has 228 valence electrons. The lowest BCUT2D eigenvalue weighted by molar-refractivity contribution is -0.140. The standard InChI is InChI=1S/C34H36N4O6/c1-8-18-15(3)20-12-21-16(4)19(10-11-26(39)43-7)29(37-21)28-30-27(32(41)44-33(28)42)17(5)22(38-30)13-24-31(40)34(6,9-2)25(36-24)14-23(18)35-20/h12-14,16,19,37-38H,8-11H2,1-7H3/t16-,19-,34?/m0/s1. The number of ketones is 1. The quantitative estimate of drug-likeness (QED) is 0.299. The number of nitrogens with one attached hydrogen (secondary N) is 2. The first-order valence-electron chi connectivity index (χ1n) is 15.1.